The van der Waals surface area contributed by atoms with Crippen LogP contribution in [0.1, 0.15) is 65.4 Å². The molecular formula is C21H32O3. The second-order valence-electron chi connectivity index (χ2n) is 9.41. The predicted octanol–water partition coefficient (Wildman–Crippen LogP) is 4.63. The van der Waals surface area contributed by atoms with Gasteiger partial charge in [0, 0.05) is 6.07 Å². The molecule has 2 saturated carbocycles. The van der Waals surface area contributed by atoms with E-state index >= 15 is 0 Å². The quantitative estimate of drug-likeness (QED) is 0.740. The zero-order valence-corrected chi connectivity index (χ0v) is 15.5. The summed E-state index contributed by atoms with van der Waals surface area (Å²) in [6, 6.07) is 4.80. The highest BCUT2D eigenvalue weighted by molar-refractivity contribution is 5.37. The van der Waals surface area contributed by atoms with Gasteiger partial charge < -0.3 is 15.3 Å². The van der Waals surface area contributed by atoms with Gasteiger partial charge in [0.15, 0.2) is 0 Å². The van der Waals surface area contributed by atoms with E-state index in [1.807, 2.05) is 6.92 Å². The topological polar surface area (TPSA) is 60.7 Å². The first kappa shape index (κ1) is 17.6. The molecule has 0 unspecified atom stereocenters. The number of fused-ring (bicyclic) bond motifs is 1. The van der Waals surface area contributed by atoms with Gasteiger partial charge in [-0.3, -0.25) is 0 Å². The van der Waals surface area contributed by atoms with Gasteiger partial charge in [-0.25, -0.2) is 0 Å². The number of phenolic OH excluding ortho intramolecular Hbond substituents is 2. The minimum atomic E-state index is -0.709. The molecule has 0 amide bonds. The summed E-state index contributed by atoms with van der Waals surface area (Å²) in [5.41, 5.74) is 0.593. The molecule has 3 heteroatoms. The number of aromatic hydroxyl groups is 2. The molecule has 1 aromatic carbocycles. The van der Waals surface area contributed by atoms with E-state index in [0.717, 1.165) is 24.8 Å². The van der Waals surface area contributed by atoms with E-state index in [4.69, 9.17) is 0 Å². The van der Waals surface area contributed by atoms with Crippen LogP contribution in [0.15, 0.2) is 18.2 Å². The van der Waals surface area contributed by atoms with Crippen molar-refractivity contribution in [1.82, 2.24) is 0 Å². The van der Waals surface area contributed by atoms with Crippen LogP contribution >= 0.6 is 0 Å². The van der Waals surface area contributed by atoms with Crippen molar-refractivity contribution < 1.29 is 15.3 Å². The van der Waals surface area contributed by atoms with E-state index in [1.165, 1.54) is 18.9 Å². The maximum absolute atomic E-state index is 11.2. The van der Waals surface area contributed by atoms with Crippen molar-refractivity contribution in [2.45, 2.75) is 71.8 Å². The van der Waals surface area contributed by atoms with Crippen LogP contribution in [0.3, 0.4) is 0 Å². The molecule has 3 rings (SSSR count). The molecule has 2 fully saturated rings. The molecule has 2 aliphatic carbocycles. The molecule has 0 spiro atoms. The lowest BCUT2D eigenvalue weighted by Crippen LogP contribution is -2.58. The summed E-state index contributed by atoms with van der Waals surface area (Å²) < 4.78 is 0. The first-order chi connectivity index (χ1) is 11.0. The second kappa shape index (κ2) is 5.66. The summed E-state index contributed by atoms with van der Waals surface area (Å²) in [4.78, 5) is 0. The Hall–Kier alpha value is -1.22. The molecule has 0 aromatic heterocycles. The van der Waals surface area contributed by atoms with E-state index < -0.39 is 5.60 Å². The first-order valence-electron chi connectivity index (χ1n) is 9.29. The first-order valence-corrected chi connectivity index (χ1v) is 9.29. The zero-order valence-electron chi connectivity index (χ0n) is 15.5. The molecule has 1 aromatic rings. The molecule has 3 nitrogen and oxygen atoms in total. The van der Waals surface area contributed by atoms with Gasteiger partial charge in [0.05, 0.1) is 5.60 Å². The van der Waals surface area contributed by atoms with Crippen LogP contribution in [0, 0.1) is 22.7 Å². The Balaban J connectivity index is 1.98. The number of phenols is 2. The van der Waals surface area contributed by atoms with Crippen LogP contribution in [0.4, 0.5) is 0 Å². The number of hydrogen-bond donors (Lipinski definition) is 3. The molecule has 0 aliphatic heterocycles. The van der Waals surface area contributed by atoms with Gasteiger partial charge in [-0.2, -0.15) is 0 Å². The number of hydrogen-bond acceptors (Lipinski definition) is 3. The summed E-state index contributed by atoms with van der Waals surface area (Å²) in [6.45, 7) is 9.10. The molecule has 24 heavy (non-hydrogen) atoms. The Bertz CT molecular complexity index is 599. The number of rotatable bonds is 2. The molecular weight excluding hydrogens is 300 g/mol. The van der Waals surface area contributed by atoms with E-state index in [9.17, 15) is 15.3 Å². The molecule has 0 saturated heterocycles. The minimum absolute atomic E-state index is 0.0879. The van der Waals surface area contributed by atoms with Crippen molar-refractivity contribution in [3.63, 3.8) is 0 Å². The molecule has 2 aliphatic rings. The Morgan fingerprint density at radius 3 is 2.21 bits per heavy atom. The second-order valence-corrected chi connectivity index (χ2v) is 9.41. The monoisotopic (exact) mass is 332 g/mol. The van der Waals surface area contributed by atoms with Gasteiger partial charge >= 0.3 is 0 Å². The summed E-state index contributed by atoms with van der Waals surface area (Å²) >= 11 is 0. The lowest BCUT2D eigenvalue weighted by Gasteiger charge is -2.61. The fraction of sp³-hybridized carbons (Fsp3) is 0.714. The minimum Gasteiger partial charge on any atom is -0.508 e. The maximum Gasteiger partial charge on any atom is 0.119 e. The highest BCUT2D eigenvalue weighted by atomic mass is 16.3. The van der Waals surface area contributed by atoms with Crippen LogP contribution in [-0.4, -0.2) is 20.9 Å². The Labute approximate surface area is 145 Å². The van der Waals surface area contributed by atoms with Crippen molar-refractivity contribution in [1.29, 1.82) is 0 Å². The van der Waals surface area contributed by atoms with Crippen LogP contribution in [0.25, 0.3) is 0 Å². The third kappa shape index (κ3) is 2.92. The Morgan fingerprint density at radius 2 is 1.58 bits per heavy atom. The third-order valence-electron chi connectivity index (χ3n) is 7.16. The third-order valence-corrected chi connectivity index (χ3v) is 7.16. The summed E-state index contributed by atoms with van der Waals surface area (Å²) in [6.07, 6.45) is 6.21. The van der Waals surface area contributed by atoms with Crippen molar-refractivity contribution in [3.05, 3.63) is 23.8 Å². The van der Waals surface area contributed by atoms with Crippen LogP contribution < -0.4 is 0 Å². The molecule has 0 heterocycles. The number of aliphatic hydroxyl groups is 1. The smallest absolute Gasteiger partial charge is 0.119 e. The van der Waals surface area contributed by atoms with Gasteiger partial charge in [0.1, 0.15) is 11.5 Å². The van der Waals surface area contributed by atoms with Crippen LogP contribution in [0.5, 0.6) is 11.5 Å². The summed E-state index contributed by atoms with van der Waals surface area (Å²) in [7, 11) is 0. The molecule has 4 atom stereocenters. The molecule has 0 bridgehead atoms. The molecule has 3 N–H and O–H groups in total. The highest BCUT2D eigenvalue weighted by Crippen LogP contribution is 2.62. The average Bonchev–Trinajstić information content (AvgIpc) is 2.41. The van der Waals surface area contributed by atoms with E-state index in [1.54, 1.807) is 12.1 Å². The standard InChI is InChI=1S/C21H32O3/c1-19(2)7-5-8-20(3)17(19)6-9-21(4,24)18(20)12-14-10-15(22)13-16(23)11-14/h10-11,13,17-18,22-24H,5-9,12H2,1-4H3/t17-,18+,20-,21+/m0/s1. The normalized spacial score (nSPS) is 38.5. The van der Waals surface area contributed by atoms with E-state index in [2.05, 4.69) is 20.8 Å². The number of benzene rings is 1. The van der Waals surface area contributed by atoms with E-state index in [-0.39, 0.29) is 22.8 Å². The Morgan fingerprint density at radius 1 is 0.958 bits per heavy atom. The van der Waals surface area contributed by atoms with Gasteiger partial charge in [-0.15, -0.1) is 0 Å². The van der Waals surface area contributed by atoms with Crippen molar-refractivity contribution in [2.24, 2.45) is 22.7 Å². The van der Waals surface area contributed by atoms with Crippen LogP contribution in [0.2, 0.25) is 0 Å². The fourth-order valence-corrected chi connectivity index (χ4v) is 6.09. The fourth-order valence-electron chi connectivity index (χ4n) is 6.09. The van der Waals surface area contributed by atoms with Gasteiger partial charge in [0.25, 0.3) is 0 Å². The van der Waals surface area contributed by atoms with Gasteiger partial charge in [-0.05, 0) is 79.4 Å². The predicted molar refractivity (Wildman–Crippen MR) is 96.1 cm³/mol. The molecule has 134 valence electrons. The van der Waals surface area contributed by atoms with Crippen molar-refractivity contribution >= 4 is 0 Å². The molecule has 0 radical (unpaired) electrons. The van der Waals surface area contributed by atoms with Crippen molar-refractivity contribution in [2.75, 3.05) is 0 Å². The zero-order chi connectivity index (χ0) is 17.8. The highest BCUT2D eigenvalue weighted by Gasteiger charge is 2.57. The van der Waals surface area contributed by atoms with Gasteiger partial charge in [-0.1, -0.05) is 27.2 Å². The summed E-state index contributed by atoms with van der Waals surface area (Å²) in [5.74, 6) is 0.914. The van der Waals surface area contributed by atoms with Gasteiger partial charge in [0.2, 0.25) is 0 Å². The van der Waals surface area contributed by atoms with Crippen molar-refractivity contribution in [3.8, 4) is 11.5 Å². The average molecular weight is 332 g/mol. The summed E-state index contributed by atoms with van der Waals surface area (Å²) in [5, 5.41) is 30.8. The SMILES string of the molecule is CC1(C)CCC[C@]2(C)[C@@H](Cc3cc(O)cc(O)c3)[C@](C)(O)CC[C@@H]12. The Kier molecular flexibility index (Phi) is 4.15. The lowest BCUT2D eigenvalue weighted by atomic mass is 9.45. The van der Waals surface area contributed by atoms with E-state index in [0.29, 0.717) is 17.8 Å². The van der Waals surface area contributed by atoms with Crippen LogP contribution in [-0.2, 0) is 6.42 Å². The lowest BCUT2D eigenvalue weighted by molar-refractivity contribution is -0.166. The largest absolute Gasteiger partial charge is 0.508 e. The maximum atomic E-state index is 11.2.